The fourth-order valence-electron chi connectivity index (χ4n) is 1.86. The first kappa shape index (κ1) is 17.6. The Kier molecular flexibility index (Phi) is 6.19. The Morgan fingerprint density at radius 2 is 1.90 bits per heavy atom. The minimum atomic E-state index is -3.48. The predicted octanol–water partition coefficient (Wildman–Crippen LogP) is 2.83. The van der Waals surface area contributed by atoms with E-state index < -0.39 is 10.0 Å². The summed E-state index contributed by atoms with van der Waals surface area (Å²) in [7, 11) is 0.0111. The molecule has 0 spiro atoms. The second-order valence-corrected chi connectivity index (χ2v) is 8.12. The molecule has 0 aliphatic heterocycles. The van der Waals surface area contributed by atoms with Gasteiger partial charge in [-0.3, -0.25) is 0 Å². The van der Waals surface area contributed by atoms with E-state index in [2.05, 4.69) is 21.2 Å². The van der Waals surface area contributed by atoms with Crippen molar-refractivity contribution in [1.82, 2.24) is 9.62 Å². The summed E-state index contributed by atoms with van der Waals surface area (Å²) < 4.78 is 27.3. The second kappa shape index (κ2) is 7.02. The lowest BCUT2D eigenvalue weighted by Gasteiger charge is -2.27. The van der Waals surface area contributed by atoms with Crippen LogP contribution in [-0.4, -0.2) is 32.9 Å². The van der Waals surface area contributed by atoms with Gasteiger partial charge in [0.15, 0.2) is 0 Å². The van der Waals surface area contributed by atoms with Crippen LogP contribution in [0.2, 0.25) is 0 Å². The predicted molar refractivity (Wildman–Crippen MR) is 86.2 cm³/mol. The molecule has 0 saturated carbocycles. The van der Waals surface area contributed by atoms with Gasteiger partial charge in [0, 0.05) is 24.1 Å². The fraction of sp³-hybridized carbons (Fsp3) is 0.571. The molecule has 0 aliphatic carbocycles. The van der Waals surface area contributed by atoms with E-state index in [1.807, 2.05) is 40.0 Å². The molecular weight excluding hydrogens is 340 g/mol. The van der Waals surface area contributed by atoms with E-state index in [-0.39, 0.29) is 12.0 Å². The summed E-state index contributed by atoms with van der Waals surface area (Å²) in [6.07, 6.45) is 0. The number of hydrogen-bond donors (Lipinski definition) is 1. The van der Waals surface area contributed by atoms with E-state index in [0.717, 1.165) is 5.56 Å². The third kappa shape index (κ3) is 3.81. The lowest BCUT2D eigenvalue weighted by molar-refractivity contribution is 0.315. The number of nitrogens with zero attached hydrogens (tertiary/aromatic N) is 1. The summed E-state index contributed by atoms with van der Waals surface area (Å²) in [5, 5.41) is 3.04. The summed E-state index contributed by atoms with van der Waals surface area (Å²) in [5.74, 6) is 0.261. The number of benzene rings is 1. The summed E-state index contributed by atoms with van der Waals surface area (Å²) in [6.45, 7) is 6.66. The van der Waals surface area contributed by atoms with Gasteiger partial charge in [-0.15, -0.1) is 0 Å². The Morgan fingerprint density at radius 3 is 2.35 bits per heavy atom. The van der Waals surface area contributed by atoms with E-state index in [1.54, 1.807) is 13.1 Å². The molecule has 0 bridgehead atoms. The molecule has 114 valence electrons. The highest BCUT2D eigenvalue weighted by Gasteiger charge is 2.28. The Bertz CT molecular complexity index is 558. The van der Waals surface area contributed by atoms with Gasteiger partial charge in [-0.25, -0.2) is 8.42 Å². The van der Waals surface area contributed by atoms with Gasteiger partial charge < -0.3 is 5.32 Å². The van der Waals surface area contributed by atoms with Crippen LogP contribution in [-0.2, 0) is 16.6 Å². The minimum absolute atomic E-state index is 0.0520. The van der Waals surface area contributed by atoms with Crippen LogP contribution in [0.4, 0.5) is 0 Å². The molecule has 0 saturated heterocycles. The molecule has 1 aromatic rings. The standard InChI is InChI=1S/C14H23BrN2O2S/c1-10(2)11(3)17(5)20(18,19)14-7-6-12(9-16-4)8-13(14)15/h6-8,10-11,16H,9H2,1-5H3. The molecule has 1 rings (SSSR count). The van der Waals surface area contributed by atoms with Gasteiger partial charge in [0.05, 0.1) is 4.90 Å². The molecule has 0 amide bonds. The van der Waals surface area contributed by atoms with Gasteiger partial charge in [-0.2, -0.15) is 4.31 Å². The summed E-state index contributed by atoms with van der Waals surface area (Å²) >= 11 is 3.37. The molecule has 0 aromatic heterocycles. The lowest BCUT2D eigenvalue weighted by atomic mass is 10.1. The fourth-order valence-corrected chi connectivity index (χ4v) is 4.44. The van der Waals surface area contributed by atoms with E-state index in [4.69, 9.17) is 0 Å². The van der Waals surface area contributed by atoms with E-state index >= 15 is 0 Å². The van der Waals surface area contributed by atoms with Crippen LogP contribution in [0.1, 0.15) is 26.3 Å². The molecule has 1 unspecified atom stereocenters. The Morgan fingerprint density at radius 1 is 1.30 bits per heavy atom. The molecule has 0 heterocycles. The highest BCUT2D eigenvalue weighted by Crippen LogP contribution is 2.27. The van der Waals surface area contributed by atoms with E-state index in [9.17, 15) is 8.42 Å². The molecule has 1 aromatic carbocycles. The first-order valence-corrected chi connectivity index (χ1v) is 8.86. The van der Waals surface area contributed by atoms with Gasteiger partial charge in [0.1, 0.15) is 0 Å². The van der Waals surface area contributed by atoms with Crippen molar-refractivity contribution in [3.63, 3.8) is 0 Å². The molecule has 4 nitrogen and oxygen atoms in total. The van der Waals surface area contributed by atoms with Crippen molar-refractivity contribution in [1.29, 1.82) is 0 Å². The molecule has 0 fully saturated rings. The molecule has 0 radical (unpaired) electrons. The Balaban J connectivity index is 3.16. The van der Waals surface area contributed by atoms with Gasteiger partial charge in [0.2, 0.25) is 10.0 Å². The summed E-state index contributed by atoms with van der Waals surface area (Å²) in [4.78, 5) is 0.312. The topological polar surface area (TPSA) is 49.4 Å². The number of sulfonamides is 1. The zero-order chi connectivity index (χ0) is 15.5. The normalized spacial score (nSPS) is 14.0. The SMILES string of the molecule is CNCc1ccc(S(=O)(=O)N(C)C(C)C(C)C)c(Br)c1. The van der Waals surface area contributed by atoms with Crippen LogP contribution in [0.3, 0.4) is 0 Å². The van der Waals surface area contributed by atoms with E-state index in [0.29, 0.717) is 15.9 Å². The van der Waals surface area contributed by atoms with Crippen LogP contribution in [0, 0.1) is 5.92 Å². The zero-order valence-corrected chi connectivity index (χ0v) is 15.0. The quantitative estimate of drug-likeness (QED) is 0.846. The van der Waals surface area contributed by atoms with Crippen molar-refractivity contribution >= 4 is 26.0 Å². The zero-order valence-electron chi connectivity index (χ0n) is 12.6. The van der Waals surface area contributed by atoms with Crippen molar-refractivity contribution in [3.05, 3.63) is 28.2 Å². The van der Waals surface area contributed by atoms with Crippen molar-refractivity contribution in [2.24, 2.45) is 5.92 Å². The molecular formula is C14H23BrN2O2S. The van der Waals surface area contributed by atoms with Crippen molar-refractivity contribution < 1.29 is 8.42 Å². The van der Waals surface area contributed by atoms with Gasteiger partial charge in [-0.1, -0.05) is 19.9 Å². The number of halogens is 1. The van der Waals surface area contributed by atoms with Gasteiger partial charge >= 0.3 is 0 Å². The third-order valence-corrected chi connectivity index (χ3v) is 6.49. The van der Waals surface area contributed by atoms with Crippen LogP contribution in [0.5, 0.6) is 0 Å². The minimum Gasteiger partial charge on any atom is -0.316 e. The van der Waals surface area contributed by atoms with Crippen molar-refractivity contribution in [2.45, 2.75) is 38.3 Å². The van der Waals surface area contributed by atoms with Crippen molar-refractivity contribution in [2.75, 3.05) is 14.1 Å². The van der Waals surface area contributed by atoms with Crippen LogP contribution in [0.15, 0.2) is 27.6 Å². The smallest absolute Gasteiger partial charge is 0.244 e. The monoisotopic (exact) mass is 362 g/mol. The lowest BCUT2D eigenvalue weighted by Crippen LogP contribution is -2.38. The average Bonchev–Trinajstić information content (AvgIpc) is 2.36. The van der Waals surface area contributed by atoms with Crippen LogP contribution >= 0.6 is 15.9 Å². The Labute approximate surface area is 130 Å². The molecule has 1 atom stereocenters. The molecule has 20 heavy (non-hydrogen) atoms. The van der Waals surface area contributed by atoms with Crippen LogP contribution < -0.4 is 5.32 Å². The Hall–Kier alpha value is -0.430. The van der Waals surface area contributed by atoms with E-state index in [1.165, 1.54) is 4.31 Å². The maximum atomic E-state index is 12.6. The maximum absolute atomic E-state index is 12.6. The van der Waals surface area contributed by atoms with Crippen molar-refractivity contribution in [3.8, 4) is 0 Å². The highest BCUT2D eigenvalue weighted by atomic mass is 79.9. The van der Waals surface area contributed by atoms with Crippen LogP contribution in [0.25, 0.3) is 0 Å². The van der Waals surface area contributed by atoms with Gasteiger partial charge in [-0.05, 0) is 53.5 Å². The molecule has 0 aliphatic rings. The first-order chi connectivity index (χ1) is 9.21. The maximum Gasteiger partial charge on any atom is 0.244 e. The molecule has 6 heteroatoms. The average molecular weight is 363 g/mol. The highest BCUT2D eigenvalue weighted by molar-refractivity contribution is 9.10. The largest absolute Gasteiger partial charge is 0.316 e. The second-order valence-electron chi connectivity index (χ2n) is 5.30. The summed E-state index contributed by atoms with van der Waals surface area (Å²) in [5.41, 5.74) is 1.04. The number of rotatable bonds is 6. The number of nitrogens with one attached hydrogen (secondary N) is 1. The molecule has 1 N–H and O–H groups in total. The van der Waals surface area contributed by atoms with Gasteiger partial charge in [0.25, 0.3) is 0 Å². The third-order valence-electron chi connectivity index (χ3n) is 3.57. The first-order valence-electron chi connectivity index (χ1n) is 6.62. The summed E-state index contributed by atoms with van der Waals surface area (Å²) in [6, 6.07) is 5.29. The number of hydrogen-bond acceptors (Lipinski definition) is 3.